The molecule has 0 radical (unpaired) electrons. The van der Waals surface area contributed by atoms with Gasteiger partial charge < -0.3 is 14.1 Å². The molecule has 10 heteroatoms. The Morgan fingerprint density at radius 3 is 2.81 bits per heavy atom. The lowest BCUT2D eigenvalue weighted by Crippen LogP contribution is -2.27. The number of aliphatic hydroxyl groups excluding tert-OH is 1. The van der Waals surface area contributed by atoms with E-state index in [0.29, 0.717) is 12.0 Å². The van der Waals surface area contributed by atoms with Gasteiger partial charge in [-0.15, -0.1) is 10.2 Å². The monoisotopic (exact) mass is 490 g/mol. The van der Waals surface area contributed by atoms with Crippen molar-refractivity contribution in [1.29, 1.82) is 0 Å². The van der Waals surface area contributed by atoms with E-state index in [-0.39, 0.29) is 30.3 Å². The summed E-state index contributed by atoms with van der Waals surface area (Å²) >= 11 is 0. The van der Waals surface area contributed by atoms with Gasteiger partial charge in [0.2, 0.25) is 11.8 Å². The molecule has 5 rings (SSSR count). The number of carbonyl (C=O) groups is 1. The molecule has 1 atom stereocenters. The van der Waals surface area contributed by atoms with Crippen LogP contribution in [-0.4, -0.2) is 37.2 Å². The van der Waals surface area contributed by atoms with Crippen LogP contribution in [0.25, 0.3) is 5.57 Å². The van der Waals surface area contributed by atoms with Crippen molar-refractivity contribution in [3.05, 3.63) is 117 Å². The Morgan fingerprint density at radius 1 is 1.14 bits per heavy atom. The largest absolute Gasteiger partial charge is 0.420 e. The molecule has 8 nitrogen and oxygen atoms in total. The summed E-state index contributed by atoms with van der Waals surface area (Å²) in [5.74, 6) is -3.00. The fraction of sp³-hybridized carbons (Fsp3) is 0.192. The number of allylic oxidation sites excluding steroid dienone is 1. The summed E-state index contributed by atoms with van der Waals surface area (Å²) in [7, 11) is 0. The van der Waals surface area contributed by atoms with Crippen molar-refractivity contribution in [2.45, 2.75) is 25.3 Å². The van der Waals surface area contributed by atoms with E-state index in [1.807, 2.05) is 18.2 Å². The zero-order valence-corrected chi connectivity index (χ0v) is 18.9. The van der Waals surface area contributed by atoms with Gasteiger partial charge in [0.05, 0.1) is 30.3 Å². The van der Waals surface area contributed by atoms with Crippen LogP contribution in [0.15, 0.2) is 70.1 Å². The number of rotatable bonds is 8. The zero-order chi connectivity index (χ0) is 25.2. The molecule has 0 bridgehead atoms. The summed E-state index contributed by atoms with van der Waals surface area (Å²) in [5, 5.41) is 18.0. The standard InChI is InChI=1S/C26H20F2N4O4/c27-20-7-5-15(11-21(20)28)13-32-10-2-4-19(26(32)35)23(34)12-16(14-33)24-30-31-25(36-24)18-6-8-22-17(18)3-1-9-29-22/h1-7,9-11,16,33H,8,12-14H2/t16-/m1/s1. The number of aromatic nitrogens is 4. The number of aliphatic hydroxyl groups is 1. The van der Waals surface area contributed by atoms with Gasteiger partial charge in [-0.1, -0.05) is 18.2 Å². The number of hydrogen-bond donors (Lipinski definition) is 1. The van der Waals surface area contributed by atoms with E-state index in [0.717, 1.165) is 29.0 Å². The first-order valence-electron chi connectivity index (χ1n) is 11.2. The summed E-state index contributed by atoms with van der Waals surface area (Å²) in [6.45, 7) is -0.487. The van der Waals surface area contributed by atoms with E-state index < -0.39 is 35.5 Å². The summed E-state index contributed by atoms with van der Waals surface area (Å²) in [5.41, 5.74) is 2.19. The fourth-order valence-electron chi connectivity index (χ4n) is 4.14. The van der Waals surface area contributed by atoms with Gasteiger partial charge in [0.1, 0.15) is 0 Å². The number of fused-ring (bicyclic) bond motifs is 1. The van der Waals surface area contributed by atoms with Crippen LogP contribution in [0.5, 0.6) is 0 Å². The molecular weight excluding hydrogens is 470 g/mol. The minimum Gasteiger partial charge on any atom is -0.420 e. The molecule has 36 heavy (non-hydrogen) atoms. The molecule has 0 saturated heterocycles. The second-order valence-corrected chi connectivity index (χ2v) is 8.38. The molecule has 1 N–H and O–H groups in total. The molecule has 3 aromatic heterocycles. The smallest absolute Gasteiger partial charge is 0.261 e. The van der Waals surface area contributed by atoms with E-state index in [1.165, 1.54) is 29.0 Å². The quantitative estimate of drug-likeness (QED) is 0.377. The van der Waals surface area contributed by atoms with Crippen LogP contribution in [0.1, 0.15) is 51.3 Å². The first-order chi connectivity index (χ1) is 17.4. The van der Waals surface area contributed by atoms with Crippen LogP contribution < -0.4 is 5.56 Å². The highest BCUT2D eigenvalue weighted by Crippen LogP contribution is 2.32. The maximum absolute atomic E-state index is 13.5. The molecule has 1 aromatic carbocycles. The Labute approximate surface area is 203 Å². The lowest BCUT2D eigenvalue weighted by atomic mass is 9.99. The van der Waals surface area contributed by atoms with E-state index >= 15 is 0 Å². The molecule has 3 heterocycles. The molecular formula is C26H20F2N4O4. The number of pyridine rings is 2. The van der Waals surface area contributed by atoms with Gasteiger partial charge in [-0.05, 0) is 35.9 Å². The summed E-state index contributed by atoms with van der Waals surface area (Å²) in [4.78, 5) is 30.2. The van der Waals surface area contributed by atoms with Crippen molar-refractivity contribution in [3.63, 3.8) is 0 Å². The Morgan fingerprint density at radius 2 is 2.00 bits per heavy atom. The van der Waals surface area contributed by atoms with Crippen LogP contribution in [0, 0.1) is 11.6 Å². The topological polar surface area (TPSA) is 111 Å². The molecule has 0 aliphatic heterocycles. The fourth-order valence-corrected chi connectivity index (χ4v) is 4.14. The van der Waals surface area contributed by atoms with Gasteiger partial charge in [0.25, 0.3) is 5.56 Å². The predicted octanol–water partition coefficient (Wildman–Crippen LogP) is 3.29. The molecule has 1 aliphatic rings. The number of benzene rings is 1. The molecule has 0 amide bonds. The zero-order valence-electron chi connectivity index (χ0n) is 18.9. The number of halogens is 2. The normalized spacial score (nSPS) is 13.4. The van der Waals surface area contributed by atoms with Gasteiger partial charge in [-0.3, -0.25) is 14.6 Å². The molecule has 0 unspecified atom stereocenters. The van der Waals surface area contributed by atoms with Gasteiger partial charge in [0.15, 0.2) is 17.4 Å². The number of carbonyl (C=O) groups excluding carboxylic acids is 1. The number of ketones is 1. The summed E-state index contributed by atoms with van der Waals surface area (Å²) in [6.07, 6.45) is 5.48. The molecule has 0 saturated carbocycles. The highest BCUT2D eigenvalue weighted by atomic mass is 19.2. The highest BCUT2D eigenvalue weighted by Gasteiger charge is 2.26. The van der Waals surface area contributed by atoms with Gasteiger partial charge >= 0.3 is 0 Å². The van der Waals surface area contributed by atoms with Gasteiger partial charge in [-0.25, -0.2) is 8.78 Å². The van der Waals surface area contributed by atoms with Crippen molar-refractivity contribution in [3.8, 4) is 0 Å². The average Bonchev–Trinajstić information content (AvgIpc) is 3.53. The minimum atomic E-state index is -1.02. The maximum atomic E-state index is 13.5. The van der Waals surface area contributed by atoms with Crippen LogP contribution >= 0.6 is 0 Å². The third-order valence-electron chi connectivity index (χ3n) is 6.01. The molecule has 4 aromatic rings. The lowest BCUT2D eigenvalue weighted by molar-refractivity contribution is 0.0950. The third kappa shape index (κ3) is 4.50. The number of Topliss-reactive ketones (excluding diaryl/α,β-unsaturated/α-hetero) is 1. The highest BCUT2D eigenvalue weighted by molar-refractivity contribution is 5.96. The first kappa shape index (κ1) is 23.4. The number of nitrogens with zero attached hydrogens (tertiary/aromatic N) is 4. The van der Waals surface area contributed by atoms with E-state index in [9.17, 15) is 23.5 Å². The second-order valence-electron chi connectivity index (χ2n) is 8.38. The lowest BCUT2D eigenvalue weighted by Gasteiger charge is -2.11. The van der Waals surface area contributed by atoms with Gasteiger partial charge in [-0.2, -0.15) is 0 Å². The van der Waals surface area contributed by atoms with Crippen LogP contribution in [0.4, 0.5) is 8.78 Å². The van der Waals surface area contributed by atoms with Crippen molar-refractivity contribution in [2.24, 2.45) is 0 Å². The molecule has 0 spiro atoms. The predicted molar refractivity (Wildman–Crippen MR) is 124 cm³/mol. The van der Waals surface area contributed by atoms with Crippen LogP contribution in [0.3, 0.4) is 0 Å². The Kier molecular flexibility index (Phi) is 6.34. The van der Waals surface area contributed by atoms with E-state index in [2.05, 4.69) is 15.2 Å². The van der Waals surface area contributed by atoms with Crippen molar-refractivity contribution >= 4 is 11.4 Å². The minimum absolute atomic E-state index is 0.0426. The van der Waals surface area contributed by atoms with Gasteiger partial charge in [0, 0.05) is 36.4 Å². The van der Waals surface area contributed by atoms with Crippen LogP contribution in [-0.2, 0) is 13.0 Å². The summed E-state index contributed by atoms with van der Waals surface area (Å²) in [6, 6.07) is 9.95. The summed E-state index contributed by atoms with van der Waals surface area (Å²) < 4.78 is 33.8. The maximum Gasteiger partial charge on any atom is 0.261 e. The van der Waals surface area contributed by atoms with E-state index in [4.69, 9.17) is 4.42 Å². The van der Waals surface area contributed by atoms with Crippen LogP contribution in [0.2, 0.25) is 0 Å². The first-order valence-corrected chi connectivity index (χ1v) is 11.2. The van der Waals surface area contributed by atoms with Crippen molar-refractivity contribution in [1.82, 2.24) is 19.7 Å². The molecule has 1 aliphatic carbocycles. The Hall–Kier alpha value is -4.31. The van der Waals surface area contributed by atoms with Crippen molar-refractivity contribution in [2.75, 3.05) is 6.61 Å². The van der Waals surface area contributed by atoms with Crippen molar-refractivity contribution < 1.29 is 23.1 Å². The molecule has 182 valence electrons. The molecule has 0 fully saturated rings. The Bertz CT molecular complexity index is 1540. The van der Waals surface area contributed by atoms with E-state index in [1.54, 1.807) is 6.20 Å². The number of hydrogen-bond acceptors (Lipinski definition) is 7. The third-order valence-corrected chi connectivity index (χ3v) is 6.01. The SMILES string of the molecule is O=C(C[C@H](CO)c1nnc(C2=CCc3ncccc32)o1)c1cccn(Cc2ccc(F)c(F)c2)c1=O. The second kappa shape index (κ2) is 9.74. The average molecular weight is 490 g/mol. The Balaban J connectivity index is 1.34.